The van der Waals surface area contributed by atoms with Gasteiger partial charge in [0.15, 0.2) is 5.78 Å². The predicted octanol–water partition coefficient (Wildman–Crippen LogP) is 3.53. The van der Waals surface area contributed by atoms with Gasteiger partial charge in [0.1, 0.15) is 5.69 Å². The van der Waals surface area contributed by atoms with Crippen molar-refractivity contribution in [3.63, 3.8) is 0 Å². The Hall–Kier alpha value is -3.31. The van der Waals surface area contributed by atoms with E-state index >= 15 is 0 Å². The maximum atomic E-state index is 12.5. The number of nitrogens with one attached hydrogen (secondary N) is 2. The van der Waals surface area contributed by atoms with Gasteiger partial charge in [0.2, 0.25) is 0 Å². The molecule has 2 atom stereocenters. The second-order valence-corrected chi connectivity index (χ2v) is 7.37. The van der Waals surface area contributed by atoms with Gasteiger partial charge in [-0.2, -0.15) is 0 Å². The van der Waals surface area contributed by atoms with Gasteiger partial charge in [0, 0.05) is 24.3 Å². The van der Waals surface area contributed by atoms with Crippen LogP contribution in [0.3, 0.4) is 0 Å². The lowest BCUT2D eigenvalue weighted by Crippen LogP contribution is -2.44. The van der Waals surface area contributed by atoms with E-state index in [0.29, 0.717) is 17.8 Å². The van der Waals surface area contributed by atoms with Gasteiger partial charge in [0.25, 0.3) is 5.91 Å². The molecular weight excluding hydrogens is 374 g/mol. The SMILES string of the molecule is C[C@H](CNC(=O)c1ccccn1)[C@H](Cc1ccccc1)NCC(=O)c1ccccc1. The molecule has 3 rings (SSSR count). The van der Waals surface area contributed by atoms with Crippen molar-refractivity contribution >= 4 is 11.7 Å². The Labute approximate surface area is 177 Å². The van der Waals surface area contributed by atoms with Crippen molar-refractivity contribution in [2.45, 2.75) is 19.4 Å². The minimum absolute atomic E-state index is 0.0316. The van der Waals surface area contributed by atoms with E-state index < -0.39 is 0 Å². The van der Waals surface area contributed by atoms with Crippen LogP contribution in [0, 0.1) is 5.92 Å². The van der Waals surface area contributed by atoms with Crippen LogP contribution in [0.5, 0.6) is 0 Å². The molecular formula is C25H27N3O2. The number of aromatic nitrogens is 1. The Morgan fingerprint density at radius 2 is 1.57 bits per heavy atom. The summed E-state index contributed by atoms with van der Waals surface area (Å²) in [5, 5.41) is 6.37. The number of carbonyl (C=O) groups is 2. The summed E-state index contributed by atoms with van der Waals surface area (Å²) in [5.41, 5.74) is 2.28. The molecule has 0 bridgehead atoms. The largest absolute Gasteiger partial charge is 0.350 e. The normalized spacial score (nSPS) is 12.7. The smallest absolute Gasteiger partial charge is 0.269 e. The molecule has 0 spiro atoms. The Morgan fingerprint density at radius 3 is 2.23 bits per heavy atom. The minimum atomic E-state index is -0.193. The third kappa shape index (κ3) is 6.36. The zero-order valence-corrected chi connectivity index (χ0v) is 17.1. The first kappa shape index (κ1) is 21.4. The lowest BCUT2D eigenvalue weighted by atomic mass is 9.94. The van der Waals surface area contributed by atoms with E-state index in [9.17, 15) is 9.59 Å². The molecule has 0 fully saturated rings. The van der Waals surface area contributed by atoms with Gasteiger partial charge in [-0.1, -0.05) is 73.7 Å². The van der Waals surface area contributed by atoms with Crippen LogP contribution < -0.4 is 10.6 Å². The molecule has 2 N–H and O–H groups in total. The van der Waals surface area contributed by atoms with Crippen LogP contribution in [0.25, 0.3) is 0 Å². The van der Waals surface area contributed by atoms with Crippen molar-refractivity contribution in [2.75, 3.05) is 13.1 Å². The number of benzene rings is 2. The topological polar surface area (TPSA) is 71.1 Å². The predicted molar refractivity (Wildman–Crippen MR) is 118 cm³/mol. The molecule has 2 aromatic carbocycles. The summed E-state index contributed by atoms with van der Waals surface area (Å²) in [7, 11) is 0. The second-order valence-electron chi connectivity index (χ2n) is 7.37. The van der Waals surface area contributed by atoms with Crippen LogP contribution in [-0.2, 0) is 6.42 Å². The number of hydrogen-bond donors (Lipinski definition) is 2. The third-order valence-corrected chi connectivity index (χ3v) is 5.09. The zero-order valence-electron chi connectivity index (χ0n) is 17.1. The van der Waals surface area contributed by atoms with Crippen molar-refractivity contribution in [1.29, 1.82) is 0 Å². The van der Waals surface area contributed by atoms with Crippen molar-refractivity contribution in [3.8, 4) is 0 Å². The van der Waals surface area contributed by atoms with Gasteiger partial charge in [-0.25, -0.2) is 0 Å². The van der Waals surface area contributed by atoms with Crippen LogP contribution in [0.1, 0.15) is 33.3 Å². The molecule has 0 saturated carbocycles. The highest BCUT2D eigenvalue weighted by molar-refractivity contribution is 5.97. The molecule has 1 aromatic heterocycles. The Morgan fingerprint density at radius 1 is 0.900 bits per heavy atom. The number of hydrogen-bond acceptors (Lipinski definition) is 4. The van der Waals surface area contributed by atoms with Gasteiger partial charge in [-0.3, -0.25) is 14.6 Å². The lowest BCUT2D eigenvalue weighted by Gasteiger charge is -2.25. The fraction of sp³-hybridized carbons (Fsp3) is 0.240. The molecule has 5 nitrogen and oxygen atoms in total. The van der Waals surface area contributed by atoms with E-state index in [-0.39, 0.29) is 30.2 Å². The summed E-state index contributed by atoms with van der Waals surface area (Å²) >= 11 is 0. The Kier molecular flexibility index (Phi) is 7.86. The van der Waals surface area contributed by atoms with E-state index in [1.807, 2.05) is 48.5 Å². The lowest BCUT2D eigenvalue weighted by molar-refractivity contribution is 0.0933. The van der Waals surface area contributed by atoms with E-state index in [2.05, 4.69) is 34.7 Å². The molecule has 3 aromatic rings. The van der Waals surface area contributed by atoms with E-state index in [1.165, 1.54) is 5.56 Å². The van der Waals surface area contributed by atoms with E-state index in [1.54, 1.807) is 24.4 Å². The summed E-state index contributed by atoms with van der Waals surface area (Å²) in [6.07, 6.45) is 2.37. The molecule has 0 aliphatic rings. The van der Waals surface area contributed by atoms with Crippen LogP contribution in [0.4, 0.5) is 0 Å². The Bertz CT molecular complexity index is 930. The highest BCUT2D eigenvalue weighted by Crippen LogP contribution is 2.11. The molecule has 0 aliphatic heterocycles. The molecule has 0 radical (unpaired) electrons. The van der Waals surface area contributed by atoms with Crippen molar-refractivity contribution in [3.05, 3.63) is 102 Å². The average Bonchev–Trinajstić information content (AvgIpc) is 2.81. The first-order chi connectivity index (χ1) is 14.6. The number of pyridine rings is 1. The Balaban J connectivity index is 1.62. The third-order valence-electron chi connectivity index (χ3n) is 5.09. The fourth-order valence-electron chi connectivity index (χ4n) is 3.28. The summed E-state index contributed by atoms with van der Waals surface area (Å²) < 4.78 is 0. The number of amides is 1. The van der Waals surface area contributed by atoms with Crippen molar-refractivity contribution in [1.82, 2.24) is 15.6 Å². The fourth-order valence-corrected chi connectivity index (χ4v) is 3.28. The van der Waals surface area contributed by atoms with E-state index in [0.717, 1.165) is 6.42 Å². The van der Waals surface area contributed by atoms with Gasteiger partial charge in [-0.05, 0) is 30.0 Å². The quantitative estimate of drug-likeness (QED) is 0.510. The van der Waals surface area contributed by atoms with Crippen molar-refractivity contribution < 1.29 is 9.59 Å². The molecule has 0 saturated heterocycles. The monoisotopic (exact) mass is 401 g/mol. The number of Topliss-reactive ketones (excluding diaryl/α,β-unsaturated/α-hetero) is 1. The number of ketones is 1. The highest BCUT2D eigenvalue weighted by atomic mass is 16.2. The van der Waals surface area contributed by atoms with Gasteiger partial charge in [0.05, 0.1) is 6.54 Å². The molecule has 154 valence electrons. The molecule has 1 amide bonds. The van der Waals surface area contributed by atoms with E-state index in [4.69, 9.17) is 0 Å². The summed E-state index contributed by atoms with van der Waals surface area (Å²) in [6, 6.07) is 24.7. The molecule has 5 heteroatoms. The second kappa shape index (κ2) is 11.0. The van der Waals surface area contributed by atoms with Crippen LogP contribution >= 0.6 is 0 Å². The first-order valence-electron chi connectivity index (χ1n) is 10.2. The van der Waals surface area contributed by atoms with Crippen LogP contribution in [0.15, 0.2) is 85.1 Å². The number of carbonyl (C=O) groups excluding carboxylic acids is 2. The van der Waals surface area contributed by atoms with Crippen molar-refractivity contribution in [2.24, 2.45) is 5.92 Å². The average molecular weight is 402 g/mol. The summed E-state index contributed by atoms with van der Waals surface area (Å²) in [6.45, 7) is 2.81. The summed E-state index contributed by atoms with van der Waals surface area (Å²) in [5.74, 6) is -0.0268. The highest BCUT2D eigenvalue weighted by Gasteiger charge is 2.20. The molecule has 1 heterocycles. The number of rotatable bonds is 10. The van der Waals surface area contributed by atoms with Gasteiger partial charge >= 0.3 is 0 Å². The number of nitrogens with zero attached hydrogens (tertiary/aromatic N) is 1. The molecule has 0 aliphatic carbocycles. The standard InChI is InChI=1S/C25H27N3O2/c1-19(17-28-25(30)22-14-8-9-15-26-22)23(16-20-10-4-2-5-11-20)27-18-24(29)21-12-6-3-7-13-21/h2-15,19,23,27H,16-18H2,1H3,(H,28,30)/t19-,23+/m1/s1. The maximum Gasteiger partial charge on any atom is 0.269 e. The van der Waals surface area contributed by atoms with Gasteiger partial charge < -0.3 is 10.6 Å². The summed E-state index contributed by atoms with van der Waals surface area (Å²) in [4.78, 5) is 29.0. The zero-order chi connectivity index (χ0) is 21.2. The minimum Gasteiger partial charge on any atom is -0.350 e. The van der Waals surface area contributed by atoms with Crippen LogP contribution in [0.2, 0.25) is 0 Å². The van der Waals surface area contributed by atoms with Crippen LogP contribution in [-0.4, -0.2) is 35.8 Å². The maximum absolute atomic E-state index is 12.5. The van der Waals surface area contributed by atoms with Gasteiger partial charge in [-0.15, -0.1) is 0 Å². The molecule has 30 heavy (non-hydrogen) atoms. The molecule has 0 unspecified atom stereocenters. The first-order valence-corrected chi connectivity index (χ1v) is 10.2.